The van der Waals surface area contributed by atoms with E-state index in [1.807, 2.05) is 11.1 Å². The van der Waals surface area contributed by atoms with E-state index in [9.17, 15) is 4.79 Å². The molecule has 0 N–H and O–H groups in total. The second-order valence-corrected chi connectivity index (χ2v) is 8.62. The Hall–Kier alpha value is -2.28. The van der Waals surface area contributed by atoms with E-state index in [4.69, 9.17) is 4.42 Å². The number of carbonyl (C=O) groups is 1. The molecule has 1 fully saturated rings. The van der Waals surface area contributed by atoms with Crippen LogP contribution in [0.1, 0.15) is 64.2 Å². The summed E-state index contributed by atoms with van der Waals surface area (Å²) in [6.45, 7) is 11.2. The summed E-state index contributed by atoms with van der Waals surface area (Å²) < 4.78 is 5.95. The Morgan fingerprint density at radius 1 is 1.21 bits per heavy atom. The number of rotatable bonds is 5. The normalized spacial score (nSPS) is 18.6. The predicted molar refractivity (Wildman–Crippen MR) is 106 cm³/mol. The summed E-state index contributed by atoms with van der Waals surface area (Å²) in [5, 5.41) is 0. The fourth-order valence-electron chi connectivity index (χ4n) is 3.64. The van der Waals surface area contributed by atoms with Gasteiger partial charge < -0.3 is 9.32 Å². The van der Waals surface area contributed by atoms with Crippen LogP contribution in [0.4, 0.5) is 0 Å². The highest BCUT2D eigenvalue weighted by molar-refractivity contribution is 5.73. The van der Waals surface area contributed by atoms with E-state index in [-0.39, 0.29) is 17.4 Å². The van der Waals surface area contributed by atoms with Gasteiger partial charge in [-0.2, -0.15) is 0 Å². The van der Waals surface area contributed by atoms with Crippen LogP contribution >= 0.6 is 0 Å². The molecule has 0 saturated carbocycles. The Labute approximate surface area is 167 Å². The molecule has 0 radical (unpaired) electrons. The van der Waals surface area contributed by atoms with E-state index in [0.29, 0.717) is 6.54 Å². The lowest BCUT2D eigenvalue weighted by Gasteiger charge is -2.30. The zero-order chi connectivity index (χ0) is 20.1. The van der Waals surface area contributed by atoms with Gasteiger partial charge in [0.05, 0.1) is 12.7 Å². The molecule has 1 aliphatic rings. The summed E-state index contributed by atoms with van der Waals surface area (Å²) in [5.74, 6) is 1.79. The second-order valence-electron chi connectivity index (χ2n) is 8.62. The van der Waals surface area contributed by atoms with Crippen LogP contribution in [-0.2, 0) is 23.3 Å². The summed E-state index contributed by atoms with van der Waals surface area (Å²) in [5.41, 5.74) is 0.937. The number of oxazole rings is 1. The van der Waals surface area contributed by atoms with E-state index < -0.39 is 0 Å². The van der Waals surface area contributed by atoms with Gasteiger partial charge in [0.1, 0.15) is 12.1 Å². The van der Waals surface area contributed by atoms with Gasteiger partial charge in [-0.3, -0.25) is 9.69 Å². The van der Waals surface area contributed by atoms with Crippen molar-refractivity contribution >= 4 is 5.91 Å². The molecule has 0 spiro atoms. The molecule has 2 aromatic heterocycles. The van der Waals surface area contributed by atoms with Gasteiger partial charge >= 0.3 is 0 Å². The van der Waals surface area contributed by atoms with Crippen molar-refractivity contribution in [1.29, 1.82) is 0 Å². The lowest BCUT2D eigenvalue weighted by molar-refractivity contribution is -0.132. The quantitative estimate of drug-likeness (QED) is 0.787. The summed E-state index contributed by atoms with van der Waals surface area (Å²) in [6, 6.07) is 0.234. The van der Waals surface area contributed by atoms with Crippen LogP contribution in [0.15, 0.2) is 29.3 Å². The predicted octanol–water partition coefficient (Wildman–Crippen LogP) is 3.17. The largest absolute Gasteiger partial charge is 0.444 e. The standard InChI is InChI=1S/C21H31N5O2/c1-16(27)26(13-17-10-22-15-23-11-17)18-6-5-8-25(9-7-18)14-20-24-12-19(28-20)21(2,3)4/h10-12,15,18H,5-9,13-14H2,1-4H3. The molecule has 152 valence electrons. The zero-order valence-electron chi connectivity index (χ0n) is 17.4. The molecule has 1 atom stereocenters. The first kappa shape index (κ1) is 20.5. The van der Waals surface area contributed by atoms with Crippen molar-refractivity contribution < 1.29 is 9.21 Å². The highest BCUT2D eigenvalue weighted by Gasteiger charge is 2.26. The summed E-state index contributed by atoms with van der Waals surface area (Å²) in [6.07, 6.45) is 9.91. The first-order valence-corrected chi connectivity index (χ1v) is 10.0. The minimum atomic E-state index is -0.0295. The van der Waals surface area contributed by atoms with Gasteiger partial charge in [-0.15, -0.1) is 0 Å². The van der Waals surface area contributed by atoms with Crippen molar-refractivity contribution in [3.63, 3.8) is 0 Å². The number of amides is 1. The van der Waals surface area contributed by atoms with Crippen molar-refractivity contribution in [1.82, 2.24) is 24.8 Å². The molecule has 1 amide bonds. The number of likely N-dealkylation sites (tertiary alicyclic amines) is 1. The first-order chi connectivity index (χ1) is 13.3. The van der Waals surface area contributed by atoms with Crippen LogP contribution in [0.25, 0.3) is 0 Å². The average molecular weight is 386 g/mol. The van der Waals surface area contributed by atoms with Gasteiger partial charge in [-0.25, -0.2) is 15.0 Å². The van der Waals surface area contributed by atoms with Crippen molar-refractivity contribution in [2.75, 3.05) is 13.1 Å². The van der Waals surface area contributed by atoms with Crippen LogP contribution in [0, 0.1) is 0 Å². The fourth-order valence-corrected chi connectivity index (χ4v) is 3.64. The summed E-state index contributed by atoms with van der Waals surface area (Å²) in [7, 11) is 0. The molecule has 7 heteroatoms. The first-order valence-electron chi connectivity index (χ1n) is 10.0. The molecule has 3 rings (SSSR count). The van der Waals surface area contributed by atoms with Crippen molar-refractivity contribution in [3.05, 3.63) is 42.1 Å². The van der Waals surface area contributed by atoms with Crippen LogP contribution in [0.5, 0.6) is 0 Å². The van der Waals surface area contributed by atoms with Crippen molar-refractivity contribution in [3.8, 4) is 0 Å². The van der Waals surface area contributed by atoms with E-state index in [0.717, 1.165) is 56.1 Å². The van der Waals surface area contributed by atoms with Gasteiger partial charge in [0.2, 0.25) is 11.8 Å². The van der Waals surface area contributed by atoms with E-state index in [2.05, 4.69) is 40.6 Å². The second kappa shape index (κ2) is 8.82. The number of carbonyl (C=O) groups excluding carboxylic acids is 1. The number of aromatic nitrogens is 3. The van der Waals surface area contributed by atoms with Crippen LogP contribution < -0.4 is 0 Å². The van der Waals surface area contributed by atoms with Crippen molar-refractivity contribution in [2.24, 2.45) is 0 Å². The Morgan fingerprint density at radius 3 is 2.61 bits per heavy atom. The maximum absolute atomic E-state index is 12.3. The lowest BCUT2D eigenvalue weighted by Crippen LogP contribution is -2.39. The zero-order valence-corrected chi connectivity index (χ0v) is 17.4. The molecule has 1 saturated heterocycles. The minimum Gasteiger partial charge on any atom is -0.444 e. The molecular weight excluding hydrogens is 354 g/mol. The minimum absolute atomic E-state index is 0.0295. The number of nitrogens with zero attached hydrogens (tertiary/aromatic N) is 5. The molecule has 0 aliphatic carbocycles. The van der Waals surface area contributed by atoms with Gasteiger partial charge in [0.15, 0.2) is 0 Å². The third kappa shape index (κ3) is 5.38. The average Bonchev–Trinajstić information content (AvgIpc) is 3.00. The topological polar surface area (TPSA) is 75.4 Å². The fraction of sp³-hybridized carbons (Fsp3) is 0.619. The van der Waals surface area contributed by atoms with Gasteiger partial charge in [0, 0.05) is 49.4 Å². The van der Waals surface area contributed by atoms with E-state index in [1.165, 1.54) is 6.33 Å². The Morgan fingerprint density at radius 2 is 1.96 bits per heavy atom. The third-order valence-electron chi connectivity index (χ3n) is 5.25. The van der Waals surface area contributed by atoms with Gasteiger partial charge in [-0.05, 0) is 25.8 Å². The molecule has 1 unspecified atom stereocenters. The van der Waals surface area contributed by atoms with Crippen LogP contribution in [0.2, 0.25) is 0 Å². The Bertz CT molecular complexity index is 769. The molecule has 7 nitrogen and oxygen atoms in total. The molecule has 2 aromatic rings. The number of hydrogen-bond donors (Lipinski definition) is 0. The summed E-state index contributed by atoms with van der Waals surface area (Å²) in [4.78, 5) is 29.2. The van der Waals surface area contributed by atoms with Gasteiger partial charge in [0.25, 0.3) is 0 Å². The number of hydrogen-bond acceptors (Lipinski definition) is 6. The van der Waals surface area contributed by atoms with Crippen molar-refractivity contribution in [2.45, 2.75) is 71.5 Å². The molecule has 0 bridgehead atoms. The Balaban J connectivity index is 1.60. The Kier molecular flexibility index (Phi) is 6.44. The van der Waals surface area contributed by atoms with E-state index >= 15 is 0 Å². The van der Waals surface area contributed by atoms with Gasteiger partial charge in [-0.1, -0.05) is 20.8 Å². The van der Waals surface area contributed by atoms with E-state index in [1.54, 1.807) is 19.3 Å². The highest BCUT2D eigenvalue weighted by atomic mass is 16.4. The molecular formula is C21H31N5O2. The molecule has 1 aliphatic heterocycles. The molecule has 28 heavy (non-hydrogen) atoms. The molecule has 0 aromatic carbocycles. The van der Waals surface area contributed by atoms with Crippen LogP contribution in [-0.4, -0.2) is 49.8 Å². The lowest BCUT2D eigenvalue weighted by atomic mass is 9.94. The van der Waals surface area contributed by atoms with Crippen LogP contribution in [0.3, 0.4) is 0 Å². The monoisotopic (exact) mass is 385 g/mol. The maximum atomic E-state index is 12.3. The smallest absolute Gasteiger partial charge is 0.219 e. The maximum Gasteiger partial charge on any atom is 0.219 e. The molecule has 3 heterocycles. The third-order valence-corrected chi connectivity index (χ3v) is 5.25. The highest BCUT2D eigenvalue weighted by Crippen LogP contribution is 2.24. The summed E-state index contributed by atoms with van der Waals surface area (Å²) >= 11 is 0. The SMILES string of the molecule is CC(=O)N(Cc1cncnc1)C1CCCN(Cc2ncc(C(C)(C)C)o2)CC1.